The van der Waals surface area contributed by atoms with E-state index in [9.17, 15) is 19.2 Å². The summed E-state index contributed by atoms with van der Waals surface area (Å²) < 4.78 is 34.4. The number of ether oxygens (including phenoxy) is 6. The Bertz CT molecular complexity index is 835. The van der Waals surface area contributed by atoms with Crippen LogP contribution in [0.5, 0.6) is 0 Å². The number of hydrogen-bond acceptors (Lipinski definition) is 10. The minimum Gasteiger partial charge on any atom is -0.462 e. The lowest BCUT2D eigenvalue weighted by atomic mass is 9.93. The normalized spacial score (nSPS) is 25.2. The van der Waals surface area contributed by atoms with Crippen LogP contribution >= 0.6 is 0 Å². The Kier molecular flexibility index (Phi) is 10.4. The maximum atomic E-state index is 13.0. The summed E-state index contributed by atoms with van der Waals surface area (Å²) in [5.41, 5.74) is -3.53. The van der Waals surface area contributed by atoms with Crippen molar-refractivity contribution >= 4 is 23.9 Å². The molecule has 5 atom stereocenters. The molecule has 1 heterocycles. The molecule has 0 aromatic heterocycles. The fourth-order valence-electron chi connectivity index (χ4n) is 2.88. The molecular weight excluding hydrogens is 484 g/mol. The smallest absolute Gasteiger partial charge is 0.311 e. The third kappa shape index (κ3) is 9.25. The zero-order valence-electron chi connectivity index (χ0n) is 24.7. The largest absolute Gasteiger partial charge is 0.462 e. The highest BCUT2D eigenvalue weighted by atomic mass is 16.7. The van der Waals surface area contributed by atoms with Crippen LogP contribution in [-0.2, 0) is 47.6 Å². The molecule has 1 saturated heterocycles. The van der Waals surface area contributed by atoms with Crippen molar-refractivity contribution in [3.05, 3.63) is 0 Å². The first-order valence-electron chi connectivity index (χ1n) is 12.5. The number of esters is 4. The Morgan fingerprint density at radius 3 is 1.27 bits per heavy atom. The molecule has 214 valence electrons. The van der Waals surface area contributed by atoms with Crippen molar-refractivity contribution in [1.29, 1.82) is 0 Å². The average molecular weight is 531 g/mol. The van der Waals surface area contributed by atoms with Crippen molar-refractivity contribution in [2.24, 2.45) is 21.7 Å². The average Bonchev–Trinajstić information content (AvgIpc) is 2.71. The van der Waals surface area contributed by atoms with Crippen LogP contribution in [-0.4, -0.2) is 68.3 Å². The number of hydrogen-bond donors (Lipinski definition) is 0. The standard InChI is InChI=1S/C27H46O10/c1-24(2,3)20(28)33-14-15-16(35-21(29)25(4,5)6)17(36-22(30)26(7,8)9)18(19(32-13)34-15)37-23(31)27(10,11)12/h15-19H,14H2,1-13H3/t15-,16-,17+,18+,19?/m1/s1. The van der Waals surface area contributed by atoms with E-state index in [1.165, 1.54) is 7.11 Å². The molecule has 0 amide bonds. The van der Waals surface area contributed by atoms with Crippen LogP contribution in [0.15, 0.2) is 0 Å². The van der Waals surface area contributed by atoms with Gasteiger partial charge < -0.3 is 28.4 Å². The maximum Gasteiger partial charge on any atom is 0.311 e. The molecule has 1 fully saturated rings. The van der Waals surface area contributed by atoms with E-state index in [1.807, 2.05) is 0 Å². The Hall–Kier alpha value is -2.20. The van der Waals surface area contributed by atoms with Crippen molar-refractivity contribution in [3.8, 4) is 0 Å². The van der Waals surface area contributed by atoms with Crippen LogP contribution in [0.1, 0.15) is 83.1 Å². The number of methoxy groups -OCH3 is 1. The third-order valence-corrected chi connectivity index (χ3v) is 5.38. The van der Waals surface area contributed by atoms with E-state index in [-0.39, 0.29) is 6.61 Å². The van der Waals surface area contributed by atoms with Crippen molar-refractivity contribution in [3.63, 3.8) is 0 Å². The molecule has 0 spiro atoms. The van der Waals surface area contributed by atoms with Crippen LogP contribution in [0.25, 0.3) is 0 Å². The van der Waals surface area contributed by atoms with Crippen molar-refractivity contribution in [1.82, 2.24) is 0 Å². The van der Waals surface area contributed by atoms with Gasteiger partial charge in [-0.3, -0.25) is 19.2 Å². The monoisotopic (exact) mass is 530 g/mol. The van der Waals surface area contributed by atoms with Gasteiger partial charge in [-0.25, -0.2) is 0 Å². The second kappa shape index (κ2) is 11.7. The van der Waals surface area contributed by atoms with Gasteiger partial charge in [0.2, 0.25) is 0 Å². The molecule has 1 aliphatic heterocycles. The molecule has 0 N–H and O–H groups in total. The van der Waals surface area contributed by atoms with E-state index in [4.69, 9.17) is 28.4 Å². The molecule has 0 saturated carbocycles. The summed E-state index contributed by atoms with van der Waals surface area (Å²) in [6.07, 6.45) is -6.12. The van der Waals surface area contributed by atoms with Gasteiger partial charge in [0.15, 0.2) is 24.6 Å². The highest BCUT2D eigenvalue weighted by Crippen LogP contribution is 2.34. The lowest BCUT2D eigenvalue weighted by molar-refractivity contribution is -0.306. The third-order valence-electron chi connectivity index (χ3n) is 5.38. The fourth-order valence-corrected chi connectivity index (χ4v) is 2.88. The quantitative estimate of drug-likeness (QED) is 0.370. The number of carbonyl (C=O) groups excluding carboxylic acids is 4. The maximum absolute atomic E-state index is 13.0. The summed E-state index contributed by atoms with van der Waals surface area (Å²) in [5, 5.41) is 0. The Morgan fingerprint density at radius 1 is 0.568 bits per heavy atom. The Balaban J connectivity index is 3.58. The summed E-state index contributed by atoms with van der Waals surface area (Å²) in [6, 6.07) is 0. The first-order valence-corrected chi connectivity index (χ1v) is 12.5. The van der Waals surface area contributed by atoms with Gasteiger partial charge in [-0.05, 0) is 83.1 Å². The van der Waals surface area contributed by atoms with E-state index in [1.54, 1.807) is 83.1 Å². The molecule has 0 aromatic carbocycles. The summed E-state index contributed by atoms with van der Waals surface area (Å²) >= 11 is 0. The predicted octanol–water partition coefficient (Wildman–Crippen LogP) is 3.82. The Morgan fingerprint density at radius 2 is 0.919 bits per heavy atom. The fraction of sp³-hybridized carbons (Fsp3) is 0.852. The molecule has 0 radical (unpaired) electrons. The zero-order valence-corrected chi connectivity index (χ0v) is 24.7. The van der Waals surface area contributed by atoms with Crippen molar-refractivity contribution in [2.75, 3.05) is 13.7 Å². The van der Waals surface area contributed by atoms with E-state index in [0.717, 1.165) is 0 Å². The van der Waals surface area contributed by atoms with Gasteiger partial charge in [-0.1, -0.05) is 0 Å². The van der Waals surface area contributed by atoms with Crippen molar-refractivity contribution < 1.29 is 47.6 Å². The molecule has 1 aliphatic rings. The van der Waals surface area contributed by atoms with Gasteiger partial charge in [-0.2, -0.15) is 0 Å². The number of carbonyl (C=O) groups is 4. The zero-order chi connectivity index (χ0) is 29.1. The molecule has 1 unspecified atom stereocenters. The summed E-state index contributed by atoms with van der Waals surface area (Å²) in [5.74, 6) is -2.33. The van der Waals surface area contributed by atoms with E-state index >= 15 is 0 Å². The van der Waals surface area contributed by atoms with Crippen LogP contribution in [0.3, 0.4) is 0 Å². The SMILES string of the molecule is COC1O[C@H](COC(=O)C(C)(C)C)[C@@H](OC(=O)C(C)(C)C)[C@H](OC(=O)C(C)(C)C)[C@@H]1OC(=O)C(C)(C)C. The first kappa shape index (κ1) is 32.8. The second-order valence-electron chi connectivity index (χ2n) is 13.5. The molecule has 0 bridgehead atoms. The second-order valence-corrected chi connectivity index (χ2v) is 13.5. The van der Waals surface area contributed by atoms with Gasteiger partial charge in [0.25, 0.3) is 0 Å². The van der Waals surface area contributed by atoms with Gasteiger partial charge in [0.1, 0.15) is 12.7 Å². The van der Waals surface area contributed by atoms with Gasteiger partial charge >= 0.3 is 23.9 Å². The molecule has 10 heteroatoms. The molecule has 1 rings (SSSR count). The summed E-state index contributed by atoms with van der Waals surface area (Å²) in [4.78, 5) is 51.3. The van der Waals surface area contributed by atoms with Crippen molar-refractivity contribution in [2.45, 2.75) is 114 Å². The molecule has 37 heavy (non-hydrogen) atoms. The van der Waals surface area contributed by atoms with E-state index in [0.29, 0.717) is 0 Å². The number of rotatable bonds is 6. The molecular formula is C27H46O10. The minimum absolute atomic E-state index is 0.318. The lowest BCUT2D eigenvalue weighted by Gasteiger charge is -2.45. The van der Waals surface area contributed by atoms with Crippen LogP contribution in [0.4, 0.5) is 0 Å². The van der Waals surface area contributed by atoms with Crippen LogP contribution < -0.4 is 0 Å². The van der Waals surface area contributed by atoms with E-state index < -0.39 is 76.2 Å². The highest BCUT2D eigenvalue weighted by molar-refractivity contribution is 5.78. The lowest BCUT2D eigenvalue weighted by Crippen LogP contribution is -2.64. The highest BCUT2D eigenvalue weighted by Gasteiger charge is 2.54. The topological polar surface area (TPSA) is 124 Å². The molecule has 10 nitrogen and oxygen atoms in total. The molecule has 0 aromatic rings. The van der Waals surface area contributed by atoms with Gasteiger partial charge in [0, 0.05) is 7.11 Å². The minimum atomic E-state index is -1.30. The van der Waals surface area contributed by atoms with Gasteiger partial charge in [0.05, 0.1) is 21.7 Å². The van der Waals surface area contributed by atoms with Crippen LogP contribution in [0.2, 0.25) is 0 Å². The molecule has 0 aliphatic carbocycles. The predicted molar refractivity (Wildman–Crippen MR) is 134 cm³/mol. The first-order chi connectivity index (χ1) is 16.5. The summed E-state index contributed by atoms with van der Waals surface area (Å²) in [6.45, 7) is 19.8. The Labute approximate surface area is 221 Å². The summed E-state index contributed by atoms with van der Waals surface area (Å²) in [7, 11) is 1.34. The van der Waals surface area contributed by atoms with Crippen LogP contribution in [0, 0.1) is 21.7 Å². The van der Waals surface area contributed by atoms with E-state index in [2.05, 4.69) is 0 Å². The van der Waals surface area contributed by atoms with Gasteiger partial charge in [-0.15, -0.1) is 0 Å².